The van der Waals surface area contributed by atoms with Crippen molar-refractivity contribution in [2.45, 2.75) is 26.3 Å². The lowest BCUT2D eigenvalue weighted by Crippen LogP contribution is -2.18. The molecule has 19 heavy (non-hydrogen) atoms. The molecule has 0 aliphatic carbocycles. The minimum absolute atomic E-state index is 0.348. The van der Waals surface area contributed by atoms with Gasteiger partial charge >= 0.3 is 0 Å². The van der Waals surface area contributed by atoms with Crippen LogP contribution >= 0.6 is 11.3 Å². The van der Waals surface area contributed by atoms with Gasteiger partial charge in [0.25, 0.3) is 0 Å². The molecule has 1 N–H and O–H groups in total. The Balaban J connectivity index is 2.20. The highest BCUT2D eigenvalue weighted by Gasteiger charge is 2.12. The highest BCUT2D eigenvalue weighted by molar-refractivity contribution is 7.15. The Morgan fingerprint density at radius 3 is 2.89 bits per heavy atom. The first-order valence-corrected chi connectivity index (χ1v) is 7.40. The molecule has 0 amide bonds. The molecule has 2 aromatic rings. The molecule has 0 saturated carbocycles. The van der Waals surface area contributed by atoms with Crippen molar-refractivity contribution in [1.82, 2.24) is 10.3 Å². The van der Waals surface area contributed by atoms with Gasteiger partial charge in [0.1, 0.15) is 10.8 Å². The standard InChI is InChI=1S/C15H20N2OS/c1-4-9-16-11(2)14-10-17-15(19-14)12-7-5-6-8-13(12)18-3/h5-8,10-11,16H,4,9H2,1-3H3. The summed E-state index contributed by atoms with van der Waals surface area (Å²) in [6, 6.07) is 8.35. The zero-order valence-corrected chi connectivity index (χ0v) is 12.5. The maximum absolute atomic E-state index is 5.39. The molecule has 1 unspecified atom stereocenters. The predicted octanol–water partition coefficient (Wildman–Crippen LogP) is 3.88. The molecule has 1 atom stereocenters. The fraction of sp³-hybridized carbons (Fsp3) is 0.400. The van der Waals surface area contributed by atoms with Gasteiger partial charge in [0.15, 0.2) is 0 Å². The third kappa shape index (κ3) is 3.33. The first-order chi connectivity index (χ1) is 9.26. The van der Waals surface area contributed by atoms with Crippen LogP contribution in [-0.4, -0.2) is 18.6 Å². The van der Waals surface area contributed by atoms with Gasteiger partial charge in [-0.2, -0.15) is 0 Å². The quantitative estimate of drug-likeness (QED) is 0.869. The number of para-hydroxylation sites is 1. The molecule has 2 rings (SSSR count). The number of thiazole rings is 1. The Kier molecular flexibility index (Phi) is 4.93. The van der Waals surface area contributed by atoms with E-state index in [0.717, 1.165) is 29.3 Å². The van der Waals surface area contributed by atoms with Gasteiger partial charge in [0, 0.05) is 17.1 Å². The zero-order chi connectivity index (χ0) is 13.7. The average molecular weight is 276 g/mol. The van der Waals surface area contributed by atoms with E-state index in [4.69, 9.17) is 4.74 Å². The second kappa shape index (κ2) is 6.68. The molecule has 1 aromatic heterocycles. The molecule has 0 saturated heterocycles. The minimum atomic E-state index is 0.348. The van der Waals surface area contributed by atoms with E-state index in [1.807, 2.05) is 30.5 Å². The first-order valence-electron chi connectivity index (χ1n) is 6.58. The fourth-order valence-corrected chi connectivity index (χ4v) is 2.87. The molecule has 102 valence electrons. The van der Waals surface area contributed by atoms with E-state index in [0.29, 0.717) is 6.04 Å². The maximum Gasteiger partial charge on any atom is 0.129 e. The number of rotatable bonds is 6. The summed E-state index contributed by atoms with van der Waals surface area (Å²) in [6.07, 6.45) is 3.10. The molecule has 0 radical (unpaired) electrons. The van der Waals surface area contributed by atoms with Crippen LogP contribution in [0.15, 0.2) is 30.5 Å². The summed E-state index contributed by atoms with van der Waals surface area (Å²) in [6.45, 7) is 5.38. The summed E-state index contributed by atoms with van der Waals surface area (Å²) in [5, 5.41) is 4.49. The van der Waals surface area contributed by atoms with Gasteiger partial charge in [0.05, 0.1) is 12.7 Å². The predicted molar refractivity (Wildman–Crippen MR) is 80.8 cm³/mol. The van der Waals surface area contributed by atoms with Gasteiger partial charge in [-0.3, -0.25) is 0 Å². The van der Waals surface area contributed by atoms with Crippen molar-refractivity contribution < 1.29 is 4.74 Å². The summed E-state index contributed by atoms with van der Waals surface area (Å²) in [7, 11) is 1.69. The van der Waals surface area contributed by atoms with Gasteiger partial charge in [0.2, 0.25) is 0 Å². The van der Waals surface area contributed by atoms with Gasteiger partial charge in [-0.1, -0.05) is 19.1 Å². The van der Waals surface area contributed by atoms with Crippen LogP contribution < -0.4 is 10.1 Å². The van der Waals surface area contributed by atoms with Crippen LogP contribution in [0.5, 0.6) is 5.75 Å². The van der Waals surface area contributed by atoms with E-state index in [1.54, 1.807) is 18.4 Å². The Bertz CT molecular complexity index is 524. The number of aromatic nitrogens is 1. The van der Waals surface area contributed by atoms with E-state index in [1.165, 1.54) is 4.88 Å². The van der Waals surface area contributed by atoms with E-state index in [-0.39, 0.29) is 0 Å². The van der Waals surface area contributed by atoms with Crippen LogP contribution in [0.3, 0.4) is 0 Å². The number of hydrogen-bond acceptors (Lipinski definition) is 4. The molecule has 3 nitrogen and oxygen atoms in total. The molecular weight excluding hydrogens is 256 g/mol. The van der Waals surface area contributed by atoms with Gasteiger partial charge in [-0.15, -0.1) is 11.3 Å². The lowest BCUT2D eigenvalue weighted by atomic mass is 10.2. The van der Waals surface area contributed by atoms with Crippen LogP contribution in [0.2, 0.25) is 0 Å². The average Bonchev–Trinajstić information content (AvgIpc) is 2.94. The highest BCUT2D eigenvalue weighted by atomic mass is 32.1. The topological polar surface area (TPSA) is 34.2 Å². The SMILES string of the molecule is CCCNC(C)c1cnc(-c2ccccc2OC)s1. The number of benzene rings is 1. The minimum Gasteiger partial charge on any atom is -0.496 e. The number of methoxy groups -OCH3 is 1. The van der Waals surface area contributed by atoms with Crippen molar-refractivity contribution in [3.05, 3.63) is 35.3 Å². The third-order valence-corrected chi connectivity index (χ3v) is 4.20. The van der Waals surface area contributed by atoms with Crippen LogP contribution in [0.1, 0.15) is 31.2 Å². The number of ether oxygens (including phenoxy) is 1. The highest BCUT2D eigenvalue weighted by Crippen LogP contribution is 2.34. The van der Waals surface area contributed by atoms with Crippen molar-refractivity contribution in [2.75, 3.05) is 13.7 Å². The number of nitrogens with zero attached hydrogens (tertiary/aromatic N) is 1. The largest absolute Gasteiger partial charge is 0.496 e. The Morgan fingerprint density at radius 1 is 1.37 bits per heavy atom. The monoisotopic (exact) mass is 276 g/mol. The summed E-state index contributed by atoms with van der Waals surface area (Å²) < 4.78 is 5.39. The summed E-state index contributed by atoms with van der Waals surface area (Å²) in [5.41, 5.74) is 1.06. The van der Waals surface area contributed by atoms with Gasteiger partial charge in [-0.05, 0) is 32.0 Å². The zero-order valence-electron chi connectivity index (χ0n) is 11.6. The maximum atomic E-state index is 5.39. The molecule has 0 aliphatic rings. The van der Waals surface area contributed by atoms with Gasteiger partial charge < -0.3 is 10.1 Å². The molecule has 1 aromatic carbocycles. The molecule has 0 bridgehead atoms. The normalized spacial score (nSPS) is 12.4. The van der Waals surface area contributed by atoms with Crippen LogP contribution in [0, 0.1) is 0 Å². The molecule has 4 heteroatoms. The van der Waals surface area contributed by atoms with Crippen molar-refractivity contribution in [3.8, 4) is 16.3 Å². The second-order valence-corrected chi connectivity index (χ2v) is 5.51. The van der Waals surface area contributed by atoms with Crippen LogP contribution in [0.4, 0.5) is 0 Å². The summed E-state index contributed by atoms with van der Waals surface area (Å²) >= 11 is 1.72. The summed E-state index contributed by atoms with van der Waals surface area (Å²) in [4.78, 5) is 5.78. The smallest absolute Gasteiger partial charge is 0.129 e. The van der Waals surface area contributed by atoms with Crippen LogP contribution in [-0.2, 0) is 0 Å². The van der Waals surface area contributed by atoms with Crippen molar-refractivity contribution in [3.63, 3.8) is 0 Å². The van der Waals surface area contributed by atoms with Crippen molar-refractivity contribution in [1.29, 1.82) is 0 Å². The lowest BCUT2D eigenvalue weighted by Gasteiger charge is -2.09. The first kappa shape index (κ1) is 14.0. The third-order valence-electron chi connectivity index (χ3n) is 2.99. The molecule has 0 fully saturated rings. The van der Waals surface area contributed by atoms with E-state index < -0.39 is 0 Å². The van der Waals surface area contributed by atoms with Crippen molar-refractivity contribution in [2.24, 2.45) is 0 Å². The number of hydrogen-bond donors (Lipinski definition) is 1. The molecule has 1 heterocycles. The Hall–Kier alpha value is -1.39. The van der Waals surface area contributed by atoms with Crippen LogP contribution in [0.25, 0.3) is 10.6 Å². The van der Waals surface area contributed by atoms with E-state index in [9.17, 15) is 0 Å². The molecule has 0 aliphatic heterocycles. The lowest BCUT2D eigenvalue weighted by molar-refractivity contribution is 0.416. The molecule has 0 spiro atoms. The van der Waals surface area contributed by atoms with E-state index >= 15 is 0 Å². The Morgan fingerprint density at radius 2 is 2.16 bits per heavy atom. The summed E-state index contributed by atoms with van der Waals surface area (Å²) in [5.74, 6) is 0.873. The fourth-order valence-electron chi connectivity index (χ4n) is 1.89. The van der Waals surface area contributed by atoms with Crippen molar-refractivity contribution >= 4 is 11.3 Å². The molecular formula is C15H20N2OS. The Labute approximate surface area is 118 Å². The second-order valence-electron chi connectivity index (χ2n) is 4.44. The number of nitrogens with one attached hydrogen (secondary N) is 1. The van der Waals surface area contributed by atoms with E-state index in [2.05, 4.69) is 24.1 Å². The van der Waals surface area contributed by atoms with Gasteiger partial charge in [-0.25, -0.2) is 4.98 Å².